The number of carbonyl (C=O) groups is 1. The van der Waals surface area contributed by atoms with E-state index in [4.69, 9.17) is 14.2 Å². The molecule has 166 valence electrons. The fourth-order valence-corrected chi connectivity index (χ4v) is 5.00. The smallest absolute Gasteiger partial charge is 0.270 e. The van der Waals surface area contributed by atoms with E-state index in [0.717, 1.165) is 75.2 Å². The van der Waals surface area contributed by atoms with Gasteiger partial charge < -0.3 is 19.5 Å². The first-order valence-electron chi connectivity index (χ1n) is 10.9. The topological polar surface area (TPSA) is 76.2 Å². The quantitative estimate of drug-likeness (QED) is 0.701. The third kappa shape index (κ3) is 5.17. The Hall–Kier alpha value is -2.20. The third-order valence-corrected chi connectivity index (χ3v) is 6.80. The molecule has 3 aliphatic heterocycles. The van der Waals surface area contributed by atoms with Gasteiger partial charge in [-0.1, -0.05) is 6.07 Å². The van der Waals surface area contributed by atoms with E-state index in [1.165, 1.54) is 5.56 Å². The molecule has 2 saturated heterocycles. The number of aromatic nitrogens is 1. The second-order valence-electron chi connectivity index (χ2n) is 8.21. The lowest BCUT2D eigenvalue weighted by Crippen LogP contribution is -2.45. The van der Waals surface area contributed by atoms with Crippen molar-refractivity contribution in [3.8, 4) is 11.5 Å². The lowest BCUT2D eigenvalue weighted by molar-refractivity contribution is 0.0853. The van der Waals surface area contributed by atoms with Gasteiger partial charge in [0, 0.05) is 51.3 Å². The molecule has 0 radical (unpaired) electrons. The number of piperazine rings is 1. The van der Waals surface area contributed by atoms with Crippen molar-refractivity contribution >= 4 is 17.2 Å². The largest absolute Gasteiger partial charge is 0.454 e. The van der Waals surface area contributed by atoms with Crippen molar-refractivity contribution in [2.24, 2.45) is 0 Å². The summed E-state index contributed by atoms with van der Waals surface area (Å²) >= 11 is 1.56. The van der Waals surface area contributed by atoms with Crippen molar-refractivity contribution < 1.29 is 19.0 Å². The molecule has 1 aromatic carbocycles. The summed E-state index contributed by atoms with van der Waals surface area (Å²) in [5.41, 5.74) is 1.76. The zero-order chi connectivity index (χ0) is 21.0. The molecule has 5 rings (SSSR count). The predicted molar refractivity (Wildman–Crippen MR) is 117 cm³/mol. The van der Waals surface area contributed by atoms with Crippen molar-refractivity contribution in [1.29, 1.82) is 0 Å². The van der Waals surface area contributed by atoms with E-state index >= 15 is 0 Å². The van der Waals surface area contributed by atoms with Crippen LogP contribution in [0, 0.1) is 0 Å². The lowest BCUT2D eigenvalue weighted by atomic mass is 10.1. The van der Waals surface area contributed by atoms with Crippen LogP contribution in [-0.2, 0) is 17.8 Å². The second-order valence-corrected chi connectivity index (χ2v) is 9.15. The standard InChI is InChI=1S/C22H28N4O4S/c27-22(23-11-17-2-1-9-28-17)18-14-31-21(24-18)13-26-7-5-25(6-8-26)12-16-3-4-19-20(10-16)30-15-29-19/h3-4,10,14,17H,1-2,5-9,11-13,15H2,(H,23,27). The van der Waals surface area contributed by atoms with Gasteiger partial charge in [-0.3, -0.25) is 14.6 Å². The molecule has 2 aromatic rings. The Morgan fingerprint density at radius 3 is 2.74 bits per heavy atom. The monoisotopic (exact) mass is 444 g/mol. The highest BCUT2D eigenvalue weighted by molar-refractivity contribution is 7.09. The van der Waals surface area contributed by atoms with Crippen LogP contribution in [-0.4, -0.2) is 72.9 Å². The number of nitrogens with zero attached hydrogens (tertiary/aromatic N) is 3. The number of fused-ring (bicyclic) bond motifs is 1. The molecular weight excluding hydrogens is 416 g/mol. The fourth-order valence-electron chi connectivity index (χ4n) is 4.18. The molecule has 0 bridgehead atoms. The summed E-state index contributed by atoms with van der Waals surface area (Å²) in [5, 5.41) is 5.79. The minimum Gasteiger partial charge on any atom is -0.454 e. The molecule has 31 heavy (non-hydrogen) atoms. The van der Waals surface area contributed by atoms with Crippen LogP contribution in [0.3, 0.4) is 0 Å². The van der Waals surface area contributed by atoms with E-state index < -0.39 is 0 Å². The molecule has 0 spiro atoms. The van der Waals surface area contributed by atoms with Crippen molar-refractivity contribution in [3.05, 3.63) is 39.8 Å². The van der Waals surface area contributed by atoms with Crippen LogP contribution in [0.25, 0.3) is 0 Å². The number of nitrogens with one attached hydrogen (secondary N) is 1. The van der Waals surface area contributed by atoms with E-state index in [2.05, 4.69) is 32.2 Å². The normalized spacial score (nSPS) is 21.5. The predicted octanol–water partition coefficient (Wildman–Crippen LogP) is 2.10. The number of thiazole rings is 1. The molecule has 3 aliphatic rings. The Morgan fingerprint density at radius 1 is 1.13 bits per heavy atom. The first-order valence-corrected chi connectivity index (χ1v) is 11.8. The van der Waals surface area contributed by atoms with E-state index in [9.17, 15) is 4.79 Å². The summed E-state index contributed by atoms with van der Waals surface area (Å²) in [6, 6.07) is 6.18. The van der Waals surface area contributed by atoms with Crippen molar-refractivity contribution in [2.75, 3.05) is 46.1 Å². The second kappa shape index (κ2) is 9.52. The first kappa shape index (κ1) is 20.7. The maximum atomic E-state index is 12.3. The Kier molecular flexibility index (Phi) is 6.35. The van der Waals surface area contributed by atoms with Gasteiger partial charge in [0.1, 0.15) is 10.7 Å². The van der Waals surface area contributed by atoms with E-state index in [0.29, 0.717) is 19.0 Å². The summed E-state index contributed by atoms with van der Waals surface area (Å²) in [6.07, 6.45) is 2.24. The molecule has 2 fully saturated rings. The number of amides is 1. The Morgan fingerprint density at radius 2 is 1.94 bits per heavy atom. The molecule has 9 heteroatoms. The van der Waals surface area contributed by atoms with Gasteiger partial charge in [0.15, 0.2) is 11.5 Å². The van der Waals surface area contributed by atoms with Crippen LogP contribution in [0.4, 0.5) is 0 Å². The minimum atomic E-state index is -0.105. The van der Waals surface area contributed by atoms with E-state index in [-0.39, 0.29) is 12.0 Å². The van der Waals surface area contributed by atoms with Crippen LogP contribution in [0.1, 0.15) is 33.9 Å². The number of ether oxygens (including phenoxy) is 3. The number of benzene rings is 1. The summed E-state index contributed by atoms with van der Waals surface area (Å²) in [7, 11) is 0. The van der Waals surface area contributed by atoms with Crippen LogP contribution in [0.5, 0.6) is 11.5 Å². The van der Waals surface area contributed by atoms with Gasteiger partial charge in [-0.2, -0.15) is 0 Å². The van der Waals surface area contributed by atoms with Gasteiger partial charge in [-0.15, -0.1) is 11.3 Å². The number of carbonyl (C=O) groups excluding carboxylic acids is 1. The minimum absolute atomic E-state index is 0.105. The van der Waals surface area contributed by atoms with Crippen molar-refractivity contribution in [3.63, 3.8) is 0 Å². The lowest BCUT2D eigenvalue weighted by Gasteiger charge is -2.34. The SMILES string of the molecule is O=C(NCC1CCCO1)c1csc(CN2CCN(Cc3ccc4c(c3)OCO4)CC2)n1. The highest BCUT2D eigenvalue weighted by Crippen LogP contribution is 2.32. The van der Waals surface area contributed by atoms with Gasteiger partial charge in [0.2, 0.25) is 6.79 Å². The van der Waals surface area contributed by atoms with Crippen LogP contribution in [0.2, 0.25) is 0 Å². The molecule has 1 atom stereocenters. The molecular formula is C22H28N4O4S. The van der Waals surface area contributed by atoms with Crippen molar-refractivity contribution in [2.45, 2.75) is 32.0 Å². The van der Waals surface area contributed by atoms with Crippen molar-refractivity contribution in [1.82, 2.24) is 20.1 Å². The Labute approximate surface area is 186 Å². The Balaban J connectivity index is 1.06. The zero-order valence-corrected chi connectivity index (χ0v) is 18.4. The summed E-state index contributed by atoms with van der Waals surface area (Å²) in [5.74, 6) is 1.57. The van der Waals surface area contributed by atoms with Gasteiger partial charge in [0.25, 0.3) is 5.91 Å². The molecule has 1 amide bonds. The van der Waals surface area contributed by atoms with Gasteiger partial charge in [0.05, 0.1) is 12.6 Å². The van der Waals surface area contributed by atoms with E-state index in [1.807, 2.05) is 11.4 Å². The molecule has 1 aromatic heterocycles. The maximum absolute atomic E-state index is 12.3. The van der Waals surface area contributed by atoms with Crippen LogP contribution >= 0.6 is 11.3 Å². The fraction of sp³-hybridized carbons (Fsp3) is 0.545. The molecule has 1 N–H and O–H groups in total. The zero-order valence-electron chi connectivity index (χ0n) is 17.5. The summed E-state index contributed by atoms with van der Waals surface area (Å²) in [4.78, 5) is 21.8. The molecule has 0 aliphatic carbocycles. The summed E-state index contributed by atoms with van der Waals surface area (Å²) in [6.45, 7) is 7.38. The van der Waals surface area contributed by atoms with Crippen LogP contribution < -0.4 is 14.8 Å². The average Bonchev–Trinajstić information content (AvgIpc) is 3.55. The highest BCUT2D eigenvalue weighted by Gasteiger charge is 2.21. The molecule has 8 nitrogen and oxygen atoms in total. The molecule has 1 unspecified atom stereocenters. The highest BCUT2D eigenvalue weighted by atomic mass is 32.1. The van der Waals surface area contributed by atoms with Gasteiger partial charge >= 0.3 is 0 Å². The summed E-state index contributed by atoms with van der Waals surface area (Å²) < 4.78 is 16.4. The Bertz CT molecular complexity index is 907. The van der Waals surface area contributed by atoms with Gasteiger partial charge in [-0.05, 0) is 30.5 Å². The third-order valence-electron chi connectivity index (χ3n) is 5.97. The molecule has 4 heterocycles. The molecule has 0 saturated carbocycles. The number of rotatable bonds is 7. The first-order chi connectivity index (χ1) is 15.2. The van der Waals surface area contributed by atoms with Crippen LogP contribution in [0.15, 0.2) is 23.6 Å². The van der Waals surface area contributed by atoms with E-state index in [1.54, 1.807) is 11.3 Å². The number of hydrogen-bond acceptors (Lipinski definition) is 8. The number of hydrogen-bond donors (Lipinski definition) is 1. The maximum Gasteiger partial charge on any atom is 0.270 e. The van der Waals surface area contributed by atoms with Gasteiger partial charge in [-0.25, -0.2) is 4.98 Å². The average molecular weight is 445 g/mol.